The largest absolute Gasteiger partial charge is 0.315 e. The molecule has 0 radical (unpaired) electrons. The minimum absolute atomic E-state index is 0.0735. The maximum Gasteiger partial charge on any atom is 0.164 e. The van der Waals surface area contributed by atoms with Gasteiger partial charge in [-0.3, -0.25) is 4.99 Å². The highest BCUT2D eigenvalue weighted by Crippen LogP contribution is 2.35. The number of rotatable bonds is 3. The van der Waals surface area contributed by atoms with Crippen LogP contribution in [0.25, 0.3) is 0 Å². The summed E-state index contributed by atoms with van der Waals surface area (Å²) in [4.78, 5) is 6.86. The zero-order valence-electron chi connectivity index (χ0n) is 13.1. The SMILES string of the molecule is O=S1(=O)C[C@@H]2[C@@H](C1)N=C(SCc1ccccc1)N2c1ccccc1. The molecular weight excluding hydrogens is 340 g/mol. The molecule has 0 unspecified atom stereocenters. The summed E-state index contributed by atoms with van der Waals surface area (Å²) < 4.78 is 24.0. The molecule has 0 saturated carbocycles. The summed E-state index contributed by atoms with van der Waals surface area (Å²) >= 11 is 1.68. The molecule has 2 atom stereocenters. The minimum atomic E-state index is -2.99. The molecule has 0 aromatic heterocycles. The van der Waals surface area contributed by atoms with Gasteiger partial charge in [0.1, 0.15) is 0 Å². The highest BCUT2D eigenvalue weighted by Gasteiger charge is 2.47. The highest BCUT2D eigenvalue weighted by molar-refractivity contribution is 8.13. The number of fused-ring (bicyclic) bond motifs is 1. The Kier molecular flexibility index (Phi) is 4.10. The molecule has 0 bridgehead atoms. The van der Waals surface area contributed by atoms with E-state index in [2.05, 4.69) is 17.0 Å². The zero-order chi connectivity index (χ0) is 16.6. The number of hydrogen-bond donors (Lipinski definition) is 0. The monoisotopic (exact) mass is 358 g/mol. The van der Waals surface area contributed by atoms with E-state index in [0.717, 1.165) is 16.6 Å². The van der Waals surface area contributed by atoms with Crippen LogP contribution in [0.3, 0.4) is 0 Å². The van der Waals surface area contributed by atoms with E-state index in [1.165, 1.54) is 5.56 Å². The van der Waals surface area contributed by atoms with Gasteiger partial charge in [0.05, 0.1) is 23.6 Å². The predicted octanol–water partition coefficient (Wildman–Crippen LogP) is 2.96. The Labute approximate surface area is 146 Å². The summed E-state index contributed by atoms with van der Waals surface area (Å²) in [6, 6.07) is 20.0. The first-order valence-corrected chi connectivity index (χ1v) is 10.7. The summed E-state index contributed by atoms with van der Waals surface area (Å²) in [7, 11) is -2.99. The van der Waals surface area contributed by atoms with Gasteiger partial charge in [0.25, 0.3) is 0 Å². The topological polar surface area (TPSA) is 49.7 Å². The van der Waals surface area contributed by atoms with E-state index in [1.54, 1.807) is 11.8 Å². The van der Waals surface area contributed by atoms with Crippen molar-refractivity contribution in [1.29, 1.82) is 0 Å². The fourth-order valence-corrected chi connectivity index (χ4v) is 6.17. The van der Waals surface area contributed by atoms with Gasteiger partial charge in [0.15, 0.2) is 15.0 Å². The lowest BCUT2D eigenvalue weighted by atomic mass is 10.1. The molecule has 2 aromatic rings. The van der Waals surface area contributed by atoms with Crippen molar-refractivity contribution >= 4 is 32.5 Å². The van der Waals surface area contributed by atoms with Crippen LogP contribution in [0.2, 0.25) is 0 Å². The predicted molar refractivity (Wildman–Crippen MR) is 100 cm³/mol. The standard InChI is InChI=1S/C18H18N2O2S2/c21-24(22)12-16-17(13-24)20(15-9-5-2-6-10-15)18(19-16)23-11-14-7-3-1-4-8-14/h1-10,16-17H,11-13H2/t16-,17-/m1/s1. The molecular formula is C18H18N2O2S2. The number of aliphatic imine (C=N–C) groups is 1. The summed E-state index contributed by atoms with van der Waals surface area (Å²) in [6.45, 7) is 0. The number of thioether (sulfide) groups is 1. The summed E-state index contributed by atoms with van der Waals surface area (Å²) in [5.74, 6) is 1.18. The second-order valence-corrected chi connectivity index (χ2v) is 9.20. The molecule has 0 spiro atoms. The van der Waals surface area contributed by atoms with Crippen LogP contribution >= 0.6 is 11.8 Å². The number of para-hydroxylation sites is 1. The molecule has 1 fully saturated rings. The Morgan fingerprint density at radius 1 is 1.00 bits per heavy atom. The lowest BCUT2D eigenvalue weighted by molar-refractivity contribution is 0.601. The van der Waals surface area contributed by atoms with Gasteiger partial charge < -0.3 is 4.90 Å². The molecule has 24 heavy (non-hydrogen) atoms. The third kappa shape index (κ3) is 3.08. The fraction of sp³-hybridized carbons (Fsp3) is 0.278. The molecule has 124 valence electrons. The average Bonchev–Trinajstić information content (AvgIpc) is 3.05. The summed E-state index contributed by atoms with van der Waals surface area (Å²) in [6.07, 6.45) is 0. The van der Waals surface area contributed by atoms with Crippen molar-refractivity contribution in [3.05, 3.63) is 66.2 Å². The Hall–Kier alpha value is -1.79. The first-order valence-electron chi connectivity index (χ1n) is 7.92. The molecule has 1 saturated heterocycles. The second-order valence-electron chi connectivity index (χ2n) is 6.10. The van der Waals surface area contributed by atoms with Gasteiger partial charge in [-0.15, -0.1) is 0 Å². The third-order valence-electron chi connectivity index (χ3n) is 4.35. The fourth-order valence-electron chi connectivity index (χ4n) is 3.25. The van der Waals surface area contributed by atoms with Crippen LogP contribution in [-0.2, 0) is 15.6 Å². The van der Waals surface area contributed by atoms with Crippen molar-refractivity contribution in [3.8, 4) is 0 Å². The van der Waals surface area contributed by atoms with Crippen LogP contribution < -0.4 is 4.90 Å². The number of sulfone groups is 1. The van der Waals surface area contributed by atoms with E-state index in [-0.39, 0.29) is 23.6 Å². The van der Waals surface area contributed by atoms with Gasteiger partial charge in [-0.1, -0.05) is 60.3 Å². The molecule has 2 heterocycles. The maximum atomic E-state index is 12.0. The van der Waals surface area contributed by atoms with E-state index >= 15 is 0 Å². The number of benzene rings is 2. The Bertz CT molecular complexity index is 851. The van der Waals surface area contributed by atoms with E-state index in [4.69, 9.17) is 4.99 Å². The molecule has 2 aromatic carbocycles. The number of anilines is 1. The normalized spacial score (nSPS) is 24.7. The van der Waals surface area contributed by atoms with Crippen LogP contribution in [0.1, 0.15) is 5.56 Å². The van der Waals surface area contributed by atoms with Crippen molar-refractivity contribution in [2.75, 3.05) is 16.4 Å². The average molecular weight is 358 g/mol. The zero-order valence-corrected chi connectivity index (χ0v) is 14.7. The highest BCUT2D eigenvalue weighted by atomic mass is 32.2. The Morgan fingerprint density at radius 3 is 2.38 bits per heavy atom. The first-order chi connectivity index (χ1) is 11.6. The van der Waals surface area contributed by atoms with Crippen LogP contribution in [0.5, 0.6) is 0 Å². The molecule has 6 heteroatoms. The molecule has 4 nitrogen and oxygen atoms in total. The van der Waals surface area contributed by atoms with Gasteiger partial charge in [-0.05, 0) is 17.7 Å². The summed E-state index contributed by atoms with van der Waals surface area (Å²) in [5, 5.41) is 0.926. The van der Waals surface area contributed by atoms with Crippen LogP contribution in [0, 0.1) is 0 Å². The van der Waals surface area contributed by atoms with Crippen LogP contribution in [-0.4, -0.2) is 37.2 Å². The lowest BCUT2D eigenvalue weighted by Gasteiger charge is -2.26. The maximum absolute atomic E-state index is 12.0. The van der Waals surface area contributed by atoms with E-state index in [0.29, 0.717) is 0 Å². The van der Waals surface area contributed by atoms with Crippen molar-refractivity contribution in [3.63, 3.8) is 0 Å². The van der Waals surface area contributed by atoms with E-state index in [1.807, 2.05) is 48.5 Å². The van der Waals surface area contributed by atoms with Gasteiger partial charge >= 0.3 is 0 Å². The van der Waals surface area contributed by atoms with E-state index in [9.17, 15) is 8.42 Å². The summed E-state index contributed by atoms with van der Waals surface area (Å²) in [5.41, 5.74) is 2.25. The number of hydrogen-bond acceptors (Lipinski definition) is 5. The molecule has 2 aliphatic heterocycles. The lowest BCUT2D eigenvalue weighted by Crippen LogP contribution is -2.39. The third-order valence-corrected chi connectivity index (χ3v) is 7.09. The second kappa shape index (κ2) is 6.26. The Balaban J connectivity index is 1.61. The molecule has 2 aliphatic rings. The Morgan fingerprint density at radius 2 is 1.67 bits per heavy atom. The molecule has 0 N–H and O–H groups in total. The smallest absolute Gasteiger partial charge is 0.164 e. The minimum Gasteiger partial charge on any atom is -0.315 e. The molecule has 4 rings (SSSR count). The van der Waals surface area contributed by atoms with Crippen LogP contribution in [0.4, 0.5) is 5.69 Å². The quantitative estimate of drug-likeness (QED) is 0.846. The van der Waals surface area contributed by atoms with Crippen molar-refractivity contribution in [2.45, 2.75) is 17.8 Å². The first kappa shape index (κ1) is 15.7. The van der Waals surface area contributed by atoms with Gasteiger partial charge in [0, 0.05) is 11.4 Å². The van der Waals surface area contributed by atoms with Crippen molar-refractivity contribution in [1.82, 2.24) is 0 Å². The molecule has 0 aliphatic carbocycles. The van der Waals surface area contributed by atoms with E-state index < -0.39 is 9.84 Å². The van der Waals surface area contributed by atoms with Crippen molar-refractivity contribution in [2.24, 2.45) is 4.99 Å². The van der Waals surface area contributed by atoms with Crippen molar-refractivity contribution < 1.29 is 8.42 Å². The van der Waals surface area contributed by atoms with Gasteiger partial charge in [-0.2, -0.15) is 0 Å². The van der Waals surface area contributed by atoms with Crippen LogP contribution in [0.15, 0.2) is 65.7 Å². The molecule has 0 amide bonds. The number of amidine groups is 1. The van der Waals surface area contributed by atoms with Gasteiger partial charge in [0.2, 0.25) is 0 Å². The van der Waals surface area contributed by atoms with Gasteiger partial charge in [-0.25, -0.2) is 8.42 Å². The number of nitrogens with zero attached hydrogens (tertiary/aromatic N) is 2.